The van der Waals surface area contributed by atoms with Crippen LogP contribution in [-0.2, 0) is 0 Å². The Labute approximate surface area is 171 Å². The molecule has 3 N–H and O–H groups in total. The van der Waals surface area contributed by atoms with Gasteiger partial charge in [0.25, 0.3) is 0 Å². The molecule has 0 spiro atoms. The quantitative estimate of drug-likeness (QED) is 0.523. The summed E-state index contributed by atoms with van der Waals surface area (Å²) >= 11 is 0. The highest BCUT2D eigenvalue weighted by molar-refractivity contribution is 5.92. The second-order valence-corrected chi connectivity index (χ2v) is 7.06. The molecule has 0 bridgehead atoms. The first-order chi connectivity index (χ1) is 14.6. The van der Waals surface area contributed by atoms with Crippen molar-refractivity contribution in [3.63, 3.8) is 0 Å². The molecule has 1 aromatic heterocycles. The minimum absolute atomic E-state index is 0.0720. The Morgan fingerprint density at radius 1 is 0.900 bits per heavy atom. The SMILES string of the molecule is N#Cc1ccc(-c2cccc3c2-c2nc(N)nc(-c4ccc(F)cc4)c2C3O)cc1. The summed E-state index contributed by atoms with van der Waals surface area (Å²) in [5.41, 5.74) is 12.1. The standard InChI is InChI=1S/C24H15FN4O/c25-16-10-8-15(9-11-16)21-20-22(29-24(27)28-21)19-17(2-1-3-18(19)23(20)30)14-6-4-13(12-26)5-7-14/h1-11,23,30H,(H2,27,28,29). The van der Waals surface area contributed by atoms with Crippen molar-refractivity contribution in [3.05, 3.63) is 89.2 Å². The molecule has 6 heteroatoms. The maximum Gasteiger partial charge on any atom is 0.221 e. The van der Waals surface area contributed by atoms with Crippen LogP contribution in [0.2, 0.25) is 0 Å². The maximum absolute atomic E-state index is 13.4. The molecule has 0 saturated carbocycles. The number of nitrogens with two attached hydrogens (primary N) is 1. The second-order valence-electron chi connectivity index (χ2n) is 7.06. The topological polar surface area (TPSA) is 95.8 Å². The first-order valence-corrected chi connectivity index (χ1v) is 9.32. The Bertz CT molecular complexity index is 1330. The highest BCUT2D eigenvalue weighted by Gasteiger charge is 2.34. The second kappa shape index (κ2) is 6.76. The lowest BCUT2D eigenvalue weighted by Gasteiger charge is -2.12. The van der Waals surface area contributed by atoms with Crippen molar-refractivity contribution in [2.75, 3.05) is 5.73 Å². The van der Waals surface area contributed by atoms with Gasteiger partial charge in [-0.2, -0.15) is 5.26 Å². The van der Waals surface area contributed by atoms with E-state index in [0.717, 1.165) is 16.7 Å². The Kier molecular flexibility index (Phi) is 4.05. The van der Waals surface area contributed by atoms with Gasteiger partial charge in [-0.3, -0.25) is 0 Å². The first-order valence-electron chi connectivity index (χ1n) is 9.32. The number of nitriles is 1. The molecule has 0 amide bonds. The molecule has 0 radical (unpaired) electrons. The van der Waals surface area contributed by atoms with E-state index in [1.807, 2.05) is 30.3 Å². The molecule has 0 fully saturated rings. The number of rotatable bonds is 2. The molecule has 144 valence electrons. The predicted molar refractivity (Wildman–Crippen MR) is 111 cm³/mol. The molecule has 3 aromatic carbocycles. The van der Waals surface area contributed by atoms with E-state index in [1.165, 1.54) is 12.1 Å². The third-order valence-electron chi connectivity index (χ3n) is 5.31. The van der Waals surface area contributed by atoms with E-state index >= 15 is 0 Å². The van der Waals surface area contributed by atoms with Crippen LogP contribution in [0.5, 0.6) is 0 Å². The number of nitrogens with zero attached hydrogens (tertiary/aromatic N) is 3. The van der Waals surface area contributed by atoms with Crippen LogP contribution in [-0.4, -0.2) is 15.1 Å². The van der Waals surface area contributed by atoms with Gasteiger partial charge in [0.05, 0.1) is 23.0 Å². The molecule has 4 aromatic rings. The average molecular weight is 394 g/mol. The van der Waals surface area contributed by atoms with Gasteiger partial charge in [0.15, 0.2) is 0 Å². The number of aromatic nitrogens is 2. The van der Waals surface area contributed by atoms with Crippen molar-refractivity contribution in [3.8, 4) is 39.7 Å². The molecule has 5 nitrogen and oxygen atoms in total. The van der Waals surface area contributed by atoms with Gasteiger partial charge in [0.2, 0.25) is 5.95 Å². The van der Waals surface area contributed by atoms with Gasteiger partial charge in [-0.15, -0.1) is 0 Å². The Balaban J connectivity index is 1.76. The van der Waals surface area contributed by atoms with Gasteiger partial charge in [-0.05, 0) is 53.1 Å². The van der Waals surface area contributed by atoms with Crippen molar-refractivity contribution < 1.29 is 9.50 Å². The summed E-state index contributed by atoms with van der Waals surface area (Å²) in [6.07, 6.45) is -0.936. The smallest absolute Gasteiger partial charge is 0.221 e. The lowest BCUT2D eigenvalue weighted by molar-refractivity contribution is 0.225. The molecule has 30 heavy (non-hydrogen) atoms. The zero-order chi connectivity index (χ0) is 20.8. The first kappa shape index (κ1) is 18.0. The van der Waals surface area contributed by atoms with Gasteiger partial charge < -0.3 is 10.8 Å². The van der Waals surface area contributed by atoms with E-state index in [0.29, 0.717) is 33.6 Å². The summed E-state index contributed by atoms with van der Waals surface area (Å²) in [6.45, 7) is 0. The van der Waals surface area contributed by atoms with Crippen LogP contribution >= 0.6 is 0 Å². The van der Waals surface area contributed by atoms with Gasteiger partial charge in [0, 0.05) is 16.7 Å². The van der Waals surface area contributed by atoms with Crippen LogP contribution in [0.15, 0.2) is 66.7 Å². The number of hydrogen-bond acceptors (Lipinski definition) is 5. The highest BCUT2D eigenvalue weighted by Crippen LogP contribution is 2.49. The minimum Gasteiger partial charge on any atom is -0.383 e. The van der Waals surface area contributed by atoms with Gasteiger partial charge in [-0.25, -0.2) is 14.4 Å². The van der Waals surface area contributed by atoms with Gasteiger partial charge >= 0.3 is 0 Å². The van der Waals surface area contributed by atoms with Crippen molar-refractivity contribution in [2.24, 2.45) is 0 Å². The average Bonchev–Trinajstić information content (AvgIpc) is 3.06. The fraction of sp³-hybridized carbons (Fsp3) is 0.0417. The van der Waals surface area contributed by atoms with Crippen LogP contribution < -0.4 is 5.73 Å². The lowest BCUT2D eigenvalue weighted by atomic mass is 9.95. The largest absolute Gasteiger partial charge is 0.383 e. The van der Waals surface area contributed by atoms with Crippen LogP contribution in [0, 0.1) is 17.1 Å². The van der Waals surface area contributed by atoms with E-state index < -0.39 is 6.10 Å². The monoisotopic (exact) mass is 394 g/mol. The molecule has 1 aliphatic carbocycles. The summed E-state index contributed by atoms with van der Waals surface area (Å²) in [4.78, 5) is 8.80. The Morgan fingerprint density at radius 2 is 1.57 bits per heavy atom. The number of halogens is 1. The normalized spacial score (nSPS) is 14.1. The number of hydrogen-bond donors (Lipinski definition) is 2. The number of anilines is 1. The highest BCUT2D eigenvalue weighted by atomic mass is 19.1. The zero-order valence-corrected chi connectivity index (χ0v) is 15.7. The fourth-order valence-corrected chi connectivity index (χ4v) is 3.95. The number of aliphatic hydroxyl groups is 1. The predicted octanol–water partition coefficient (Wildman–Crippen LogP) is 4.47. The van der Waals surface area contributed by atoms with Gasteiger partial charge in [0.1, 0.15) is 11.9 Å². The summed E-state index contributed by atoms with van der Waals surface area (Å²) in [6, 6.07) is 20.9. The van der Waals surface area contributed by atoms with Crippen molar-refractivity contribution in [1.29, 1.82) is 5.26 Å². The molecular weight excluding hydrogens is 379 g/mol. The molecule has 0 saturated heterocycles. The van der Waals surface area contributed by atoms with Crippen LogP contribution in [0.3, 0.4) is 0 Å². The van der Waals surface area contributed by atoms with Crippen molar-refractivity contribution >= 4 is 5.95 Å². The molecule has 5 rings (SSSR count). The Morgan fingerprint density at radius 3 is 2.27 bits per heavy atom. The van der Waals surface area contributed by atoms with E-state index in [2.05, 4.69) is 16.0 Å². The van der Waals surface area contributed by atoms with Crippen LogP contribution in [0.1, 0.15) is 22.8 Å². The number of fused-ring (bicyclic) bond motifs is 3. The maximum atomic E-state index is 13.4. The number of nitrogen functional groups attached to an aromatic ring is 1. The summed E-state index contributed by atoms with van der Waals surface area (Å²) in [7, 11) is 0. The molecule has 0 aliphatic heterocycles. The zero-order valence-electron chi connectivity index (χ0n) is 15.7. The van der Waals surface area contributed by atoms with Crippen LogP contribution in [0.4, 0.5) is 10.3 Å². The molecule has 1 unspecified atom stereocenters. The lowest BCUT2D eigenvalue weighted by Crippen LogP contribution is -2.04. The summed E-state index contributed by atoms with van der Waals surface area (Å²) < 4.78 is 13.4. The Hall–Kier alpha value is -4.08. The van der Waals surface area contributed by atoms with E-state index in [1.54, 1.807) is 24.3 Å². The van der Waals surface area contributed by atoms with E-state index in [9.17, 15) is 9.50 Å². The summed E-state index contributed by atoms with van der Waals surface area (Å²) in [5.74, 6) is -0.285. The summed E-state index contributed by atoms with van der Waals surface area (Å²) in [5, 5.41) is 20.2. The number of aliphatic hydroxyl groups excluding tert-OH is 1. The van der Waals surface area contributed by atoms with Gasteiger partial charge in [-0.1, -0.05) is 30.3 Å². The molecular formula is C24H15FN4O. The van der Waals surface area contributed by atoms with E-state index in [4.69, 9.17) is 11.0 Å². The molecule has 1 aliphatic rings. The van der Waals surface area contributed by atoms with Crippen LogP contribution in [0.25, 0.3) is 33.6 Å². The third kappa shape index (κ3) is 2.72. The van der Waals surface area contributed by atoms with Crippen molar-refractivity contribution in [1.82, 2.24) is 9.97 Å². The molecule has 1 heterocycles. The number of benzene rings is 3. The third-order valence-corrected chi connectivity index (χ3v) is 5.31. The minimum atomic E-state index is -0.936. The fourth-order valence-electron chi connectivity index (χ4n) is 3.95. The molecule has 1 atom stereocenters. The van der Waals surface area contributed by atoms with Crippen molar-refractivity contribution in [2.45, 2.75) is 6.10 Å². The van der Waals surface area contributed by atoms with E-state index in [-0.39, 0.29) is 11.8 Å².